The van der Waals surface area contributed by atoms with Gasteiger partial charge in [-0.05, 0) is 32.9 Å². The molecule has 0 N–H and O–H groups in total. The molecule has 0 saturated heterocycles. The van der Waals surface area contributed by atoms with E-state index in [4.69, 9.17) is 0 Å². The molecule has 0 radical (unpaired) electrons. The Hall–Kier alpha value is -3.67. The molecule has 0 aliphatic rings. The number of benzene rings is 5. The average Bonchev–Trinajstić information content (AvgIpc) is 3.30. The summed E-state index contributed by atoms with van der Waals surface area (Å²) in [6.45, 7) is 0. The molecular formula is C31H21F3SSi. The van der Waals surface area contributed by atoms with Gasteiger partial charge >= 0.3 is 6.18 Å². The first-order valence-electron chi connectivity index (χ1n) is 11.7. The highest BCUT2D eigenvalue weighted by atomic mass is 32.1. The van der Waals surface area contributed by atoms with Crippen LogP contribution in [-0.4, -0.2) is 8.07 Å². The zero-order chi connectivity index (χ0) is 24.8. The summed E-state index contributed by atoms with van der Waals surface area (Å²) in [7, 11) is -2.86. The van der Waals surface area contributed by atoms with Crippen molar-refractivity contribution in [2.45, 2.75) is 6.18 Å². The van der Waals surface area contributed by atoms with Gasteiger partial charge in [0, 0.05) is 20.2 Å². The predicted molar refractivity (Wildman–Crippen MR) is 148 cm³/mol. The van der Waals surface area contributed by atoms with Gasteiger partial charge in [-0.15, -0.1) is 11.3 Å². The smallest absolute Gasteiger partial charge is 0.166 e. The number of alkyl halides is 3. The standard InChI is InChI=1S/C31H21F3SSi/c32-31(33,34)26-19-11-20-27-29(26)25-18-10-21-28(30(25)35-27)36(22-12-4-1-5-13-22,23-14-6-2-7-15-23)24-16-8-3-9-17-24/h1-21H. The number of rotatable bonds is 4. The monoisotopic (exact) mass is 510 g/mol. The van der Waals surface area contributed by atoms with E-state index in [0.717, 1.165) is 9.89 Å². The van der Waals surface area contributed by atoms with Gasteiger partial charge in [0.15, 0.2) is 8.07 Å². The van der Waals surface area contributed by atoms with Crippen molar-refractivity contribution in [1.82, 2.24) is 0 Å². The molecule has 0 spiro atoms. The second-order valence-electron chi connectivity index (χ2n) is 8.81. The number of hydrogen-bond acceptors (Lipinski definition) is 1. The minimum atomic E-state index is -4.42. The summed E-state index contributed by atoms with van der Waals surface area (Å²) in [5.74, 6) is 0. The maximum Gasteiger partial charge on any atom is 0.417 e. The highest BCUT2D eigenvalue weighted by Crippen LogP contribution is 2.42. The Balaban J connectivity index is 1.81. The molecule has 1 heterocycles. The fraction of sp³-hybridized carbons (Fsp3) is 0.0323. The SMILES string of the molecule is FC(F)(F)c1cccc2sc3c([Si](c4ccccc4)(c4ccccc4)c4ccccc4)cccc3c12. The van der Waals surface area contributed by atoms with Gasteiger partial charge in [0.1, 0.15) is 0 Å². The Morgan fingerprint density at radius 2 is 1.03 bits per heavy atom. The van der Waals surface area contributed by atoms with Crippen molar-refractivity contribution >= 4 is 60.3 Å². The third-order valence-electron chi connectivity index (χ3n) is 6.85. The predicted octanol–water partition coefficient (Wildman–Crippen LogP) is 6.45. The van der Waals surface area contributed by atoms with Gasteiger partial charge in [-0.1, -0.05) is 115 Å². The first-order chi connectivity index (χ1) is 17.5. The lowest BCUT2D eigenvalue weighted by molar-refractivity contribution is -0.136. The van der Waals surface area contributed by atoms with E-state index in [0.29, 0.717) is 15.5 Å². The van der Waals surface area contributed by atoms with Gasteiger partial charge in [0.2, 0.25) is 0 Å². The molecule has 5 heteroatoms. The third kappa shape index (κ3) is 3.50. The highest BCUT2D eigenvalue weighted by Gasteiger charge is 2.43. The Labute approximate surface area is 212 Å². The van der Waals surface area contributed by atoms with Crippen LogP contribution in [0.4, 0.5) is 13.2 Å². The van der Waals surface area contributed by atoms with Crippen molar-refractivity contribution in [3.63, 3.8) is 0 Å². The van der Waals surface area contributed by atoms with Gasteiger partial charge in [-0.3, -0.25) is 0 Å². The lowest BCUT2D eigenvalue weighted by Gasteiger charge is -2.34. The minimum Gasteiger partial charge on any atom is -0.166 e. The van der Waals surface area contributed by atoms with E-state index >= 15 is 0 Å². The molecule has 0 amide bonds. The molecule has 36 heavy (non-hydrogen) atoms. The van der Waals surface area contributed by atoms with Crippen LogP contribution in [0.25, 0.3) is 20.2 Å². The molecule has 0 nitrogen and oxygen atoms in total. The third-order valence-corrected chi connectivity index (χ3v) is 13.1. The quantitative estimate of drug-likeness (QED) is 0.189. The molecule has 0 saturated carbocycles. The normalized spacial score (nSPS) is 12.3. The summed E-state index contributed by atoms with van der Waals surface area (Å²) in [4.78, 5) is 0. The molecule has 0 unspecified atom stereocenters. The fourth-order valence-electron chi connectivity index (χ4n) is 5.41. The molecule has 5 aromatic carbocycles. The number of fused-ring (bicyclic) bond motifs is 3. The Bertz CT molecular complexity index is 1560. The van der Waals surface area contributed by atoms with E-state index in [1.165, 1.54) is 39.0 Å². The van der Waals surface area contributed by atoms with Gasteiger partial charge in [0.05, 0.1) is 5.56 Å². The van der Waals surface area contributed by atoms with E-state index < -0.39 is 19.8 Å². The fourth-order valence-corrected chi connectivity index (χ4v) is 12.0. The Morgan fingerprint density at radius 1 is 0.528 bits per heavy atom. The maximum absolute atomic E-state index is 14.1. The number of halogens is 3. The van der Waals surface area contributed by atoms with Crippen LogP contribution >= 0.6 is 11.3 Å². The van der Waals surface area contributed by atoms with E-state index in [1.807, 2.05) is 30.3 Å². The Kier molecular flexibility index (Phi) is 5.55. The molecule has 0 aliphatic heterocycles. The summed E-state index contributed by atoms with van der Waals surface area (Å²) in [5.41, 5.74) is -0.574. The van der Waals surface area contributed by atoms with Crippen molar-refractivity contribution in [2.75, 3.05) is 0 Å². The maximum atomic E-state index is 14.1. The summed E-state index contributed by atoms with van der Waals surface area (Å²) in [6, 6.07) is 41.7. The van der Waals surface area contributed by atoms with Crippen LogP contribution in [0.15, 0.2) is 127 Å². The zero-order valence-electron chi connectivity index (χ0n) is 19.2. The van der Waals surface area contributed by atoms with Crippen LogP contribution in [0.3, 0.4) is 0 Å². The van der Waals surface area contributed by atoms with Crippen LogP contribution < -0.4 is 20.7 Å². The summed E-state index contributed by atoms with van der Waals surface area (Å²) in [5, 5.41) is 5.66. The number of thiophene rings is 1. The summed E-state index contributed by atoms with van der Waals surface area (Å²) >= 11 is 1.46. The van der Waals surface area contributed by atoms with Crippen molar-refractivity contribution in [3.05, 3.63) is 133 Å². The van der Waals surface area contributed by atoms with Crippen LogP contribution in [0.5, 0.6) is 0 Å². The van der Waals surface area contributed by atoms with Crippen LogP contribution in [-0.2, 0) is 6.18 Å². The van der Waals surface area contributed by atoms with Crippen molar-refractivity contribution in [3.8, 4) is 0 Å². The van der Waals surface area contributed by atoms with Gasteiger partial charge < -0.3 is 0 Å². The van der Waals surface area contributed by atoms with Crippen molar-refractivity contribution in [1.29, 1.82) is 0 Å². The highest BCUT2D eigenvalue weighted by molar-refractivity contribution is 7.30. The average molecular weight is 511 g/mol. The molecule has 176 valence electrons. The van der Waals surface area contributed by atoms with Crippen LogP contribution in [0, 0.1) is 0 Å². The molecule has 6 rings (SSSR count). The second-order valence-corrected chi connectivity index (χ2v) is 13.6. The minimum absolute atomic E-state index is 0.295. The molecule has 0 atom stereocenters. The summed E-state index contributed by atoms with van der Waals surface area (Å²) in [6.07, 6.45) is -4.42. The topological polar surface area (TPSA) is 0 Å². The first kappa shape index (κ1) is 22.8. The molecule has 6 aromatic rings. The number of hydrogen-bond donors (Lipinski definition) is 0. The molecule has 0 bridgehead atoms. The summed E-state index contributed by atoms with van der Waals surface area (Å²) < 4.78 is 43.8. The lowest BCUT2D eigenvalue weighted by atomic mass is 10.1. The first-order valence-corrected chi connectivity index (χ1v) is 14.5. The van der Waals surface area contributed by atoms with Crippen LogP contribution in [0.2, 0.25) is 0 Å². The molecule has 0 fully saturated rings. The van der Waals surface area contributed by atoms with Crippen LogP contribution in [0.1, 0.15) is 5.56 Å². The molecule has 0 aliphatic carbocycles. The zero-order valence-corrected chi connectivity index (χ0v) is 21.0. The van der Waals surface area contributed by atoms with Gasteiger partial charge in [0.25, 0.3) is 0 Å². The Morgan fingerprint density at radius 3 is 1.53 bits per heavy atom. The van der Waals surface area contributed by atoms with E-state index in [2.05, 4.69) is 78.9 Å². The van der Waals surface area contributed by atoms with E-state index in [-0.39, 0.29) is 0 Å². The lowest BCUT2D eigenvalue weighted by Crippen LogP contribution is -2.74. The van der Waals surface area contributed by atoms with Crippen molar-refractivity contribution < 1.29 is 13.2 Å². The van der Waals surface area contributed by atoms with Gasteiger partial charge in [-0.25, -0.2) is 0 Å². The van der Waals surface area contributed by atoms with E-state index in [1.54, 1.807) is 6.07 Å². The van der Waals surface area contributed by atoms with Gasteiger partial charge in [-0.2, -0.15) is 13.2 Å². The van der Waals surface area contributed by atoms with E-state index in [9.17, 15) is 13.2 Å². The largest absolute Gasteiger partial charge is 0.417 e. The second kappa shape index (κ2) is 8.77. The molecule has 1 aromatic heterocycles. The van der Waals surface area contributed by atoms with Crippen molar-refractivity contribution in [2.24, 2.45) is 0 Å². The molecular weight excluding hydrogens is 489 g/mol.